The fourth-order valence-electron chi connectivity index (χ4n) is 3.91. The number of aryl methyl sites for hydroxylation is 1. The maximum absolute atomic E-state index is 12.3. The fraction of sp³-hybridized carbons (Fsp3) is 0.400. The summed E-state index contributed by atoms with van der Waals surface area (Å²) in [5.41, 5.74) is 3.34. The zero-order valence-electron chi connectivity index (χ0n) is 18.2. The average molecular weight is 435 g/mol. The second-order valence-corrected chi connectivity index (χ2v) is 9.15. The highest BCUT2D eigenvalue weighted by molar-refractivity contribution is 7.99. The molecule has 1 aliphatic rings. The summed E-state index contributed by atoms with van der Waals surface area (Å²) in [7, 11) is 0. The van der Waals surface area contributed by atoms with Crippen LogP contribution in [0.25, 0.3) is 17.1 Å². The van der Waals surface area contributed by atoms with Crippen LogP contribution in [0.5, 0.6) is 0 Å². The molecule has 2 heterocycles. The SMILES string of the molecule is Cc1ccc(-c2nnc(SCCCCC(=O)N3CCCCC3)n2-c2ccccc2)cc1. The Labute approximate surface area is 188 Å². The molecule has 0 bridgehead atoms. The zero-order valence-corrected chi connectivity index (χ0v) is 19.0. The summed E-state index contributed by atoms with van der Waals surface area (Å²) in [5, 5.41) is 9.90. The van der Waals surface area contributed by atoms with Crippen LogP contribution in [-0.2, 0) is 4.79 Å². The van der Waals surface area contributed by atoms with Gasteiger partial charge in [-0.05, 0) is 51.2 Å². The van der Waals surface area contributed by atoms with Crippen molar-refractivity contribution in [2.24, 2.45) is 0 Å². The highest BCUT2D eigenvalue weighted by Crippen LogP contribution is 2.28. The number of unbranched alkanes of at least 4 members (excludes halogenated alkanes) is 1. The van der Waals surface area contributed by atoms with Gasteiger partial charge in [0.1, 0.15) is 0 Å². The Morgan fingerprint density at radius 3 is 2.42 bits per heavy atom. The van der Waals surface area contributed by atoms with Crippen molar-refractivity contribution in [3.8, 4) is 17.1 Å². The van der Waals surface area contributed by atoms with E-state index in [0.29, 0.717) is 12.3 Å². The minimum absolute atomic E-state index is 0.318. The molecule has 1 saturated heterocycles. The van der Waals surface area contributed by atoms with Crippen molar-refractivity contribution >= 4 is 17.7 Å². The normalized spacial score (nSPS) is 14.0. The van der Waals surface area contributed by atoms with Crippen LogP contribution in [0, 0.1) is 6.92 Å². The van der Waals surface area contributed by atoms with Gasteiger partial charge in [0, 0.05) is 36.5 Å². The highest BCUT2D eigenvalue weighted by Gasteiger charge is 2.17. The summed E-state index contributed by atoms with van der Waals surface area (Å²) >= 11 is 1.71. The second kappa shape index (κ2) is 10.6. The lowest BCUT2D eigenvalue weighted by atomic mass is 10.1. The summed E-state index contributed by atoms with van der Waals surface area (Å²) in [5.74, 6) is 2.10. The first-order chi connectivity index (χ1) is 15.2. The van der Waals surface area contributed by atoms with Crippen molar-refractivity contribution in [1.29, 1.82) is 0 Å². The molecule has 0 N–H and O–H groups in total. The van der Waals surface area contributed by atoms with Crippen molar-refractivity contribution in [3.63, 3.8) is 0 Å². The molecule has 1 aliphatic heterocycles. The standard InChI is InChI=1S/C25H30N4OS/c1-20-13-15-21(16-14-20)24-26-27-25(29(24)22-10-4-2-5-11-22)31-19-9-6-12-23(30)28-17-7-3-8-18-28/h2,4-5,10-11,13-16H,3,6-9,12,17-19H2,1H3. The Morgan fingerprint density at radius 2 is 1.68 bits per heavy atom. The molecule has 162 valence electrons. The van der Waals surface area contributed by atoms with Gasteiger partial charge in [-0.1, -0.05) is 59.8 Å². The Hall–Kier alpha value is -2.60. The van der Waals surface area contributed by atoms with Crippen LogP contribution in [0.2, 0.25) is 0 Å². The van der Waals surface area contributed by atoms with Crippen molar-refractivity contribution in [1.82, 2.24) is 19.7 Å². The molecule has 6 heteroatoms. The number of hydrogen-bond donors (Lipinski definition) is 0. The third-order valence-corrected chi connectivity index (χ3v) is 6.70. The molecule has 0 atom stereocenters. The van der Waals surface area contributed by atoms with Crippen molar-refractivity contribution in [3.05, 3.63) is 60.2 Å². The number of carbonyl (C=O) groups is 1. The molecule has 0 saturated carbocycles. The molecule has 1 fully saturated rings. The number of rotatable bonds is 8. The van der Waals surface area contributed by atoms with Crippen molar-refractivity contribution < 1.29 is 4.79 Å². The van der Waals surface area contributed by atoms with Gasteiger partial charge in [-0.25, -0.2) is 0 Å². The Morgan fingerprint density at radius 1 is 0.935 bits per heavy atom. The number of thioether (sulfide) groups is 1. The van der Waals surface area contributed by atoms with Crippen LogP contribution in [0.15, 0.2) is 59.8 Å². The van der Waals surface area contributed by atoms with Gasteiger partial charge in [0.15, 0.2) is 11.0 Å². The van der Waals surface area contributed by atoms with E-state index in [1.54, 1.807) is 11.8 Å². The minimum atomic E-state index is 0.318. The Kier molecular flexibility index (Phi) is 7.41. The topological polar surface area (TPSA) is 51.0 Å². The third-order valence-electron chi connectivity index (χ3n) is 5.68. The van der Waals surface area contributed by atoms with Gasteiger partial charge in [-0.15, -0.1) is 10.2 Å². The lowest BCUT2D eigenvalue weighted by Gasteiger charge is -2.26. The van der Waals surface area contributed by atoms with E-state index in [0.717, 1.165) is 66.8 Å². The van der Waals surface area contributed by atoms with Gasteiger partial charge in [-0.3, -0.25) is 9.36 Å². The summed E-state index contributed by atoms with van der Waals surface area (Å²) in [6, 6.07) is 18.7. The molecule has 0 radical (unpaired) electrons. The molecule has 0 aliphatic carbocycles. The van der Waals surface area contributed by atoms with E-state index >= 15 is 0 Å². The van der Waals surface area contributed by atoms with Gasteiger partial charge in [0.05, 0.1) is 0 Å². The third kappa shape index (κ3) is 5.56. The maximum Gasteiger partial charge on any atom is 0.222 e. The molecule has 1 amide bonds. The van der Waals surface area contributed by atoms with Gasteiger partial charge >= 0.3 is 0 Å². The number of nitrogens with zero attached hydrogens (tertiary/aromatic N) is 4. The first-order valence-electron chi connectivity index (χ1n) is 11.2. The number of likely N-dealkylation sites (tertiary alicyclic amines) is 1. The largest absolute Gasteiger partial charge is 0.343 e. The molecule has 2 aromatic carbocycles. The quantitative estimate of drug-likeness (QED) is 0.346. The number of amides is 1. The van der Waals surface area contributed by atoms with E-state index in [1.807, 2.05) is 23.1 Å². The molecule has 5 nitrogen and oxygen atoms in total. The lowest BCUT2D eigenvalue weighted by molar-refractivity contribution is -0.132. The number of benzene rings is 2. The number of para-hydroxylation sites is 1. The number of hydrogen-bond acceptors (Lipinski definition) is 4. The van der Waals surface area contributed by atoms with Gasteiger partial charge < -0.3 is 4.90 Å². The molecule has 4 rings (SSSR count). The second-order valence-electron chi connectivity index (χ2n) is 8.09. The monoisotopic (exact) mass is 434 g/mol. The van der Waals surface area contributed by atoms with E-state index in [1.165, 1.54) is 12.0 Å². The predicted octanol–water partition coefficient (Wildman–Crippen LogP) is 5.52. The number of aromatic nitrogens is 3. The fourth-order valence-corrected chi connectivity index (χ4v) is 4.86. The summed E-state index contributed by atoms with van der Waals surface area (Å²) < 4.78 is 2.13. The molecular formula is C25H30N4OS. The van der Waals surface area contributed by atoms with Crippen LogP contribution in [0.3, 0.4) is 0 Å². The van der Waals surface area contributed by atoms with E-state index in [-0.39, 0.29) is 0 Å². The van der Waals surface area contributed by atoms with Gasteiger partial charge in [0.25, 0.3) is 0 Å². The van der Waals surface area contributed by atoms with Crippen molar-refractivity contribution in [2.45, 2.75) is 50.6 Å². The molecule has 3 aromatic rings. The van der Waals surface area contributed by atoms with Crippen LogP contribution in [0.1, 0.15) is 44.1 Å². The average Bonchev–Trinajstić information content (AvgIpc) is 3.24. The lowest BCUT2D eigenvalue weighted by Crippen LogP contribution is -2.35. The molecule has 0 unspecified atom stereocenters. The van der Waals surface area contributed by atoms with Crippen LogP contribution < -0.4 is 0 Å². The van der Waals surface area contributed by atoms with Gasteiger partial charge in [0.2, 0.25) is 5.91 Å². The maximum atomic E-state index is 12.3. The first kappa shape index (κ1) is 21.6. The van der Waals surface area contributed by atoms with E-state index in [4.69, 9.17) is 0 Å². The summed E-state index contributed by atoms with van der Waals surface area (Å²) in [6.45, 7) is 3.97. The smallest absolute Gasteiger partial charge is 0.222 e. The molecule has 1 aromatic heterocycles. The predicted molar refractivity (Wildman–Crippen MR) is 127 cm³/mol. The van der Waals surface area contributed by atoms with Crippen LogP contribution >= 0.6 is 11.8 Å². The Bertz CT molecular complexity index is 979. The summed E-state index contributed by atoms with van der Waals surface area (Å²) in [6.07, 6.45) is 6.13. The van der Waals surface area contributed by atoms with Crippen LogP contribution in [-0.4, -0.2) is 44.4 Å². The number of piperidine rings is 1. The summed E-state index contributed by atoms with van der Waals surface area (Å²) in [4.78, 5) is 14.4. The van der Waals surface area contributed by atoms with Crippen molar-refractivity contribution in [2.75, 3.05) is 18.8 Å². The Balaban J connectivity index is 1.40. The highest BCUT2D eigenvalue weighted by atomic mass is 32.2. The zero-order chi connectivity index (χ0) is 21.5. The van der Waals surface area contributed by atoms with E-state index in [9.17, 15) is 4.79 Å². The molecule has 0 spiro atoms. The van der Waals surface area contributed by atoms with E-state index in [2.05, 4.69) is 58.1 Å². The molecular weight excluding hydrogens is 404 g/mol. The molecule has 31 heavy (non-hydrogen) atoms. The first-order valence-corrected chi connectivity index (χ1v) is 12.2. The minimum Gasteiger partial charge on any atom is -0.343 e. The number of carbonyl (C=O) groups excluding carboxylic acids is 1. The van der Waals surface area contributed by atoms with E-state index < -0.39 is 0 Å². The van der Waals surface area contributed by atoms with Gasteiger partial charge in [-0.2, -0.15) is 0 Å². The van der Waals surface area contributed by atoms with Crippen LogP contribution in [0.4, 0.5) is 0 Å².